The molecule has 0 N–H and O–H groups in total. The third kappa shape index (κ3) is 5.54. The fourth-order valence-corrected chi connectivity index (χ4v) is 11.2. The van der Waals surface area contributed by atoms with E-state index < -0.39 is 0 Å². The highest BCUT2D eigenvalue weighted by atomic mass is 15.0. The van der Waals surface area contributed by atoms with Crippen LogP contribution >= 0.6 is 0 Å². The molecule has 3 aliphatic carbocycles. The molecule has 2 aromatic heterocycles. The minimum atomic E-state index is 0.0158. The SMILES string of the molecule is CC1CC(c2ccc(-c3ccc4c(-c5ccc6ccccc6c5)c5ccccc5c(C5=CC[C@]6(C)C=CC=CC6=C5)c4c3)cc2)=Cc2c1c1ccccc1n1c2nc2ccccc21. The van der Waals surface area contributed by atoms with Crippen LogP contribution in [0.4, 0.5) is 0 Å². The molecule has 0 aliphatic heterocycles. The highest BCUT2D eigenvalue weighted by molar-refractivity contribution is 6.20. The van der Waals surface area contributed by atoms with Crippen LogP contribution in [0.2, 0.25) is 0 Å². The van der Waals surface area contributed by atoms with Crippen molar-refractivity contribution in [2.45, 2.75) is 32.6 Å². The Labute approximate surface area is 367 Å². The van der Waals surface area contributed by atoms with Gasteiger partial charge in [0.2, 0.25) is 0 Å². The number of imidazole rings is 1. The van der Waals surface area contributed by atoms with Gasteiger partial charge in [0.25, 0.3) is 0 Å². The van der Waals surface area contributed by atoms with E-state index in [0.29, 0.717) is 5.92 Å². The molecule has 0 saturated carbocycles. The lowest BCUT2D eigenvalue weighted by Gasteiger charge is -2.33. The maximum Gasteiger partial charge on any atom is 0.146 e. The van der Waals surface area contributed by atoms with Crippen LogP contribution in [0.5, 0.6) is 0 Å². The number of nitrogens with zero attached hydrogens (tertiary/aromatic N) is 2. The van der Waals surface area contributed by atoms with Crippen molar-refractivity contribution in [3.05, 3.63) is 222 Å². The molecule has 0 saturated heterocycles. The second-order valence-electron chi connectivity index (χ2n) is 18.2. The maximum absolute atomic E-state index is 5.25. The molecule has 0 bridgehead atoms. The van der Waals surface area contributed by atoms with Gasteiger partial charge >= 0.3 is 0 Å². The van der Waals surface area contributed by atoms with E-state index in [9.17, 15) is 0 Å². The van der Waals surface area contributed by atoms with Gasteiger partial charge in [-0.15, -0.1) is 0 Å². The lowest BCUT2D eigenvalue weighted by Crippen LogP contribution is -2.19. The van der Waals surface area contributed by atoms with Crippen LogP contribution in [0.15, 0.2) is 200 Å². The van der Waals surface area contributed by atoms with Crippen LogP contribution in [-0.2, 0) is 0 Å². The van der Waals surface area contributed by atoms with Crippen molar-refractivity contribution in [3.63, 3.8) is 0 Å². The summed E-state index contributed by atoms with van der Waals surface area (Å²) in [6, 6.07) is 58.6. The van der Waals surface area contributed by atoms with Gasteiger partial charge in [-0.2, -0.15) is 0 Å². The third-order valence-corrected chi connectivity index (χ3v) is 14.4. The fraction of sp³-hybridized carbons (Fsp3) is 0.0984. The standard InChI is InChI=1S/C61H44N2/c1-38-33-46(37-53-57(38)51-18-7-9-20-55(51)63-56-21-10-8-19-54(56)62-60(53)63)41-24-22-40(23-25-41)43-28-29-50-52(36-43)59(45-30-32-61(2)31-12-11-15-47(61)35-45)49-17-6-5-16-48(49)58(50)44-27-26-39-13-3-4-14-42(39)34-44/h3-31,34-38H,32-33H2,1-2H3/t38?,61-/m0/s1. The van der Waals surface area contributed by atoms with E-state index in [0.717, 1.165) is 29.5 Å². The number of hydrogen-bond acceptors (Lipinski definition) is 1. The highest BCUT2D eigenvalue weighted by Crippen LogP contribution is 2.49. The summed E-state index contributed by atoms with van der Waals surface area (Å²) in [6.45, 7) is 4.74. The van der Waals surface area contributed by atoms with Crippen molar-refractivity contribution in [1.29, 1.82) is 0 Å². The van der Waals surface area contributed by atoms with Crippen LogP contribution in [0.1, 0.15) is 54.9 Å². The van der Waals surface area contributed by atoms with Gasteiger partial charge in [0, 0.05) is 16.4 Å². The Kier molecular flexibility index (Phi) is 7.87. The molecule has 0 amide bonds. The van der Waals surface area contributed by atoms with E-state index in [1.165, 1.54) is 104 Å². The summed E-state index contributed by atoms with van der Waals surface area (Å²) >= 11 is 0. The van der Waals surface area contributed by atoms with E-state index in [-0.39, 0.29) is 5.41 Å². The number of aromatic nitrogens is 2. The zero-order valence-corrected chi connectivity index (χ0v) is 35.4. The van der Waals surface area contributed by atoms with Crippen LogP contribution in [0.25, 0.3) is 99.4 Å². The van der Waals surface area contributed by atoms with Gasteiger partial charge in [0.05, 0.1) is 16.6 Å². The van der Waals surface area contributed by atoms with Crippen molar-refractivity contribution in [1.82, 2.24) is 9.38 Å². The van der Waals surface area contributed by atoms with Gasteiger partial charge in [-0.25, -0.2) is 4.98 Å². The van der Waals surface area contributed by atoms with Gasteiger partial charge in [-0.3, -0.25) is 4.40 Å². The lowest BCUT2D eigenvalue weighted by atomic mass is 9.71. The fourth-order valence-electron chi connectivity index (χ4n) is 11.2. The number of para-hydroxylation sites is 3. The molecule has 0 spiro atoms. The van der Waals surface area contributed by atoms with Crippen molar-refractivity contribution in [2.75, 3.05) is 0 Å². The Bertz CT molecular complexity index is 3750. The third-order valence-electron chi connectivity index (χ3n) is 14.4. The van der Waals surface area contributed by atoms with Crippen LogP contribution < -0.4 is 0 Å². The van der Waals surface area contributed by atoms with Gasteiger partial charge in [0.1, 0.15) is 5.65 Å². The number of pyridine rings is 1. The number of fused-ring (bicyclic) bond motifs is 12. The van der Waals surface area contributed by atoms with Gasteiger partial charge in [-0.05, 0) is 143 Å². The van der Waals surface area contributed by atoms with Crippen molar-refractivity contribution in [3.8, 4) is 22.3 Å². The lowest BCUT2D eigenvalue weighted by molar-refractivity contribution is 0.528. The monoisotopic (exact) mass is 804 g/mol. The van der Waals surface area contributed by atoms with Gasteiger partial charge in [-0.1, -0.05) is 178 Å². The van der Waals surface area contributed by atoms with E-state index in [4.69, 9.17) is 4.98 Å². The highest BCUT2D eigenvalue weighted by Gasteiger charge is 2.30. The minimum Gasteiger partial charge on any atom is -0.292 e. The molecule has 1 unspecified atom stereocenters. The Morgan fingerprint density at radius 1 is 0.571 bits per heavy atom. The molecular weight excluding hydrogens is 761 g/mol. The van der Waals surface area contributed by atoms with Gasteiger partial charge < -0.3 is 0 Å². The molecule has 63 heavy (non-hydrogen) atoms. The summed E-state index contributed by atoms with van der Waals surface area (Å²) in [6.07, 6.45) is 18.3. The summed E-state index contributed by atoms with van der Waals surface area (Å²) in [5.74, 6) is 0.349. The van der Waals surface area contributed by atoms with Crippen LogP contribution in [0.3, 0.4) is 0 Å². The number of hydrogen-bond donors (Lipinski definition) is 0. The summed E-state index contributed by atoms with van der Waals surface area (Å²) < 4.78 is 2.36. The van der Waals surface area contributed by atoms with E-state index >= 15 is 0 Å². The first-order chi connectivity index (χ1) is 31.0. The average molecular weight is 805 g/mol. The van der Waals surface area contributed by atoms with E-state index in [1.807, 2.05) is 0 Å². The predicted octanol–water partition coefficient (Wildman–Crippen LogP) is 16.3. The maximum atomic E-state index is 5.25. The summed E-state index contributed by atoms with van der Waals surface area (Å²) in [4.78, 5) is 5.25. The molecule has 2 heterocycles. The van der Waals surface area contributed by atoms with E-state index in [2.05, 4.69) is 219 Å². The number of rotatable bonds is 4. The molecule has 3 aliphatic rings. The molecule has 8 aromatic carbocycles. The second-order valence-corrected chi connectivity index (χ2v) is 18.2. The largest absolute Gasteiger partial charge is 0.292 e. The summed E-state index contributed by atoms with van der Waals surface area (Å²) in [5, 5.41) is 8.95. The molecule has 2 atom stereocenters. The molecule has 13 rings (SSSR count). The normalized spacial score (nSPS) is 18.3. The average Bonchev–Trinajstić information content (AvgIpc) is 3.73. The summed E-state index contributed by atoms with van der Waals surface area (Å²) in [5.41, 5.74) is 18.7. The Balaban J connectivity index is 0.973. The minimum absolute atomic E-state index is 0.0158. The topological polar surface area (TPSA) is 17.3 Å². The molecule has 2 nitrogen and oxygen atoms in total. The smallest absolute Gasteiger partial charge is 0.146 e. The molecule has 10 aromatic rings. The van der Waals surface area contributed by atoms with E-state index in [1.54, 1.807) is 0 Å². The number of benzene rings is 8. The molecule has 298 valence electrons. The Morgan fingerprint density at radius 3 is 2.11 bits per heavy atom. The first-order valence-corrected chi connectivity index (χ1v) is 22.4. The first-order valence-electron chi connectivity index (χ1n) is 22.4. The van der Waals surface area contributed by atoms with Crippen molar-refractivity contribution >= 4 is 77.1 Å². The second kappa shape index (κ2) is 13.7. The van der Waals surface area contributed by atoms with Crippen LogP contribution in [-0.4, -0.2) is 9.38 Å². The van der Waals surface area contributed by atoms with Crippen molar-refractivity contribution in [2.24, 2.45) is 5.41 Å². The molecule has 2 heteroatoms. The molecule has 0 radical (unpaired) electrons. The Morgan fingerprint density at radius 2 is 1.25 bits per heavy atom. The first kappa shape index (κ1) is 36.1. The zero-order valence-electron chi connectivity index (χ0n) is 35.4. The summed E-state index contributed by atoms with van der Waals surface area (Å²) in [7, 11) is 0. The molecular formula is C61H44N2. The predicted molar refractivity (Wildman–Crippen MR) is 268 cm³/mol. The van der Waals surface area contributed by atoms with Gasteiger partial charge in [0.15, 0.2) is 0 Å². The Hall–Kier alpha value is -7.55. The van der Waals surface area contributed by atoms with Crippen LogP contribution in [0, 0.1) is 5.41 Å². The molecule has 0 fully saturated rings. The van der Waals surface area contributed by atoms with Crippen molar-refractivity contribution < 1.29 is 0 Å². The quantitative estimate of drug-likeness (QED) is 0.162. The zero-order chi connectivity index (χ0) is 41.8. The number of allylic oxidation sites excluding steroid dienone is 9.